The standard InChI is InChI=1S/C19H18ClN3O2/c1-3-13-6-4-5-12(2)18(13)23-19(25)14(10-21)11-22-16-9-15(20)7-8-17(16)24/h4-9,11,22,24H,3H2,1-2H3,(H,23,25)/b14-11-. The van der Waals surface area contributed by atoms with Gasteiger partial charge in [-0.15, -0.1) is 0 Å². The molecule has 128 valence electrons. The third-order valence-electron chi connectivity index (χ3n) is 3.67. The molecule has 0 aliphatic rings. The SMILES string of the molecule is CCc1cccc(C)c1NC(=O)/C(C#N)=C\Nc1cc(Cl)ccc1O. The number of para-hydroxylation sites is 1. The van der Waals surface area contributed by atoms with E-state index in [1.807, 2.05) is 38.1 Å². The first-order valence-corrected chi connectivity index (χ1v) is 8.09. The third-order valence-corrected chi connectivity index (χ3v) is 3.91. The summed E-state index contributed by atoms with van der Waals surface area (Å²) in [5.41, 5.74) is 2.81. The number of carbonyl (C=O) groups is 1. The minimum Gasteiger partial charge on any atom is -0.506 e. The van der Waals surface area contributed by atoms with Crippen molar-refractivity contribution in [2.45, 2.75) is 20.3 Å². The number of phenols is 1. The molecule has 0 unspecified atom stereocenters. The summed E-state index contributed by atoms with van der Waals surface area (Å²) in [7, 11) is 0. The molecule has 2 aromatic rings. The number of amides is 1. The van der Waals surface area contributed by atoms with Gasteiger partial charge in [-0.3, -0.25) is 4.79 Å². The van der Waals surface area contributed by atoms with Gasteiger partial charge in [0.25, 0.3) is 5.91 Å². The molecule has 0 radical (unpaired) electrons. The van der Waals surface area contributed by atoms with E-state index in [1.54, 1.807) is 0 Å². The number of benzene rings is 2. The van der Waals surface area contributed by atoms with Gasteiger partial charge in [-0.2, -0.15) is 5.26 Å². The van der Waals surface area contributed by atoms with Crippen molar-refractivity contribution < 1.29 is 9.90 Å². The monoisotopic (exact) mass is 355 g/mol. The number of nitrogens with one attached hydrogen (secondary N) is 2. The number of rotatable bonds is 5. The summed E-state index contributed by atoms with van der Waals surface area (Å²) < 4.78 is 0. The first-order chi connectivity index (χ1) is 12.0. The summed E-state index contributed by atoms with van der Waals surface area (Å²) in [5, 5.41) is 25.0. The Hall–Kier alpha value is -2.97. The van der Waals surface area contributed by atoms with Crippen molar-refractivity contribution in [1.82, 2.24) is 0 Å². The molecule has 5 nitrogen and oxygen atoms in total. The normalized spacial score (nSPS) is 10.9. The number of halogens is 1. The lowest BCUT2D eigenvalue weighted by molar-refractivity contribution is -0.112. The molecule has 2 aromatic carbocycles. The van der Waals surface area contributed by atoms with Crippen LogP contribution in [0.3, 0.4) is 0 Å². The number of phenolic OH excluding ortho intramolecular Hbond substituents is 1. The molecule has 25 heavy (non-hydrogen) atoms. The molecule has 0 saturated heterocycles. The van der Waals surface area contributed by atoms with Crippen LogP contribution in [0.15, 0.2) is 48.2 Å². The molecule has 0 aromatic heterocycles. The predicted molar refractivity (Wildman–Crippen MR) is 99.6 cm³/mol. The van der Waals surface area contributed by atoms with E-state index in [1.165, 1.54) is 24.4 Å². The molecule has 0 heterocycles. The minimum atomic E-state index is -0.527. The Labute approximate surface area is 151 Å². The highest BCUT2D eigenvalue weighted by molar-refractivity contribution is 6.30. The Morgan fingerprint density at radius 2 is 2.12 bits per heavy atom. The summed E-state index contributed by atoms with van der Waals surface area (Å²) in [5.74, 6) is -0.564. The van der Waals surface area contributed by atoms with Crippen LogP contribution in [0.4, 0.5) is 11.4 Å². The van der Waals surface area contributed by atoms with Crippen LogP contribution < -0.4 is 10.6 Å². The van der Waals surface area contributed by atoms with Crippen molar-refractivity contribution in [2.24, 2.45) is 0 Å². The first-order valence-electron chi connectivity index (χ1n) is 7.71. The van der Waals surface area contributed by atoms with Gasteiger partial charge in [0.2, 0.25) is 0 Å². The van der Waals surface area contributed by atoms with Crippen molar-refractivity contribution in [3.8, 4) is 11.8 Å². The molecule has 3 N–H and O–H groups in total. The zero-order valence-corrected chi connectivity index (χ0v) is 14.7. The van der Waals surface area contributed by atoms with Gasteiger partial charge in [-0.25, -0.2) is 0 Å². The van der Waals surface area contributed by atoms with Crippen molar-refractivity contribution >= 4 is 28.9 Å². The number of carbonyl (C=O) groups excluding carboxylic acids is 1. The highest BCUT2D eigenvalue weighted by Gasteiger charge is 2.13. The average molecular weight is 356 g/mol. The van der Waals surface area contributed by atoms with Crippen LogP contribution in [0.25, 0.3) is 0 Å². The molecular formula is C19H18ClN3O2. The Morgan fingerprint density at radius 1 is 1.36 bits per heavy atom. The number of hydrogen-bond acceptors (Lipinski definition) is 4. The van der Waals surface area contributed by atoms with Gasteiger partial charge < -0.3 is 15.7 Å². The summed E-state index contributed by atoms with van der Waals surface area (Å²) in [4.78, 5) is 12.4. The Morgan fingerprint density at radius 3 is 2.80 bits per heavy atom. The molecule has 0 spiro atoms. The predicted octanol–water partition coefficient (Wildman–Crippen LogP) is 4.37. The van der Waals surface area contributed by atoms with Gasteiger partial charge in [0.05, 0.1) is 5.69 Å². The lowest BCUT2D eigenvalue weighted by Gasteiger charge is -2.12. The van der Waals surface area contributed by atoms with Gasteiger partial charge in [0.1, 0.15) is 17.4 Å². The largest absolute Gasteiger partial charge is 0.506 e. The molecule has 2 rings (SSSR count). The lowest BCUT2D eigenvalue weighted by atomic mass is 10.1. The first kappa shape index (κ1) is 18.4. The summed E-state index contributed by atoms with van der Waals surface area (Å²) in [6.45, 7) is 3.89. The second kappa shape index (κ2) is 8.22. The Bertz CT molecular complexity index is 869. The van der Waals surface area contributed by atoms with E-state index >= 15 is 0 Å². The van der Waals surface area contributed by atoms with Gasteiger partial charge in [0.15, 0.2) is 0 Å². The van der Waals surface area contributed by atoms with Crippen LogP contribution in [0.2, 0.25) is 5.02 Å². The number of nitrogens with zero attached hydrogens (tertiary/aromatic N) is 1. The second-order valence-corrected chi connectivity index (χ2v) is 5.83. The number of hydrogen-bond donors (Lipinski definition) is 3. The highest BCUT2D eigenvalue weighted by atomic mass is 35.5. The van der Waals surface area contributed by atoms with Crippen molar-refractivity contribution in [3.05, 3.63) is 64.3 Å². The third kappa shape index (κ3) is 4.52. The van der Waals surface area contributed by atoms with Crippen LogP contribution in [0.1, 0.15) is 18.1 Å². The van der Waals surface area contributed by atoms with Crippen LogP contribution in [-0.4, -0.2) is 11.0 Å². The van der Waals surface area contributed by atoms with E-state index in [-0.39, 0.29) is 11.3 Å². The van der Waals surface area contributed by atoms with Gasteiger partial charge in [0, 0.05) is 16.9 Å². The molecule has 0 saturated carbocycles. The molecule has 0 bridgehead atoms. The lowest BCUT2D eigenvalue weighted by Crippen LogP contribution is -2.16. The van der Waals surface area contributed by atoms with Crippen molar-refractivity contribution in [2.75, 3.05) is 10.6 Å². The number of anilines is 2. The fourth-order valence-corrected chi connectivity index (χ4v) is 2.48. The highest BCUT2D eigenvalue weighted by Crippen LogP contribution is 2.27. The summed E-state index contributed by atoms with van der Waals surface area (Å²) >= 11 is 5.87. The smallest absolute Gasteiger partial charge is 0.267 e. The van der Waals surface area contributed by atoms with Crippen molar-refractivity contribution in [1.29, 1.82) is 5.26 Å². The van der Waals surface area contributed by atoms with E-state index in [4.69, 9.17) is 11.6 Å². The topological polar surface area (TPSA) is 85.2 Å². The van der Waals surface area contributed by atoms with E-state index in [0.717, 1.165) is 17.5 Å². The van der Waals surface area contributed by atoms with Crippen LogP contribution in [0, 0.1) is 18.3 Å². The fourth-order valence-electron chi connectivity index (χ4n) is 2.31. The van der Waals surface area contributed by atoms with Crippen molar-refractivity contribution in [3.63, 3.8) is 0 Å². The number of aromatic hydroxyl groups is 1. The van der Waals surface area contributed by atoms with E-state index in [9.17, 15) is 15.2 Å². The molecule has 0 atom stereocenters. The molecule has 6 heteroatoms. The van der Waals surface area contributed by atoms with E-state index in [0.29, 0.717) is 16.4 Å². The molecule has 1 amide bonds. The molecule has 0 aliphatic carbocycles. The maximum absolute atomic E-state index is 12.4. The summed E-state index contributed by atoms with van der Waals surface area (Å²) in [6, 6.07) is 12.1. The summed E-state index contributed by atoms with van der Waals surface area (Å²) in [6.07, 6.45) is 2.00. The zero-order valence-electron chi connectivity index (χ0n) is 13.9. The van der Waals surface area contributed by atoms with E-state index < -0.39 is 5.91 Å². The fraction of sp³-hybridized carbons (Fsp3) is 0.158. The average Bonchev–Trinajstić information content (AvgIpc) is 2.60. The van der Waals surface area contributed by atoms with Gasteiger partial charge >= 0.3 is 0 Å². The second-order valence-electron chi connectivity index (χ2n) is 5.39. The maximum Gasteiger partial charge on any atom is 0.267 e. The molecule has 0 aliphatic heterocycles. The minimum absolute atomic E-state index is 0.0366. The maximum atomic E-state index is 12.4. The van der Waals surface area contributed by atoms with Crippen LogP contribution >= 0.6 is 11.6 Å². The Balaban J connectivity index is 2.22. The quantitative estimate of drug-likeness (QED) is 0.422. The van der Waals surface area contributed by atoms with Crippen LogP contribution in [0.5, 0.6) is 5.75 Å². The number of nitriles is 1. The van der Waals surface area contributed by atoms with Crippen LogP contribution in [-0.2, 0) is 11.2 Å². The number of aryl methyl sites for hydroxylation is 2. The van der Waals surface area contributed by atoms with Gasteiger partial charge in [-0.05, 0) is 42.7 Å². The Kier molecular flexibility index (Phi) is 6.04. The zero-order chi connectivity index (χ0) is 18.4. The molecule has 0 fully saturated rings. The molecular weight excluding hydrogens is 338 g/mol. The van der Waals surface area contributed by atoms with E-state index in [2.05, 4.69) is 10.6 Å². The van der Waals surface area contributed by atoms with Gasteiger partial charge in [-0.1, -0.05) is 36.7 Å².